The molecule has 186 valence electrons. The van der Waals surface area contributed by atoms with Crippen molar-refractivity contribution in [2.24, 2.45) is 0 Å². The topological polar surface area (TPSA) is 102 Å². The number of benzene rings is 3. The molecule has 1 heterocycles. The summed E-state index contributed by atoms with van der Waals surface area (Å²) in [5.41, 5.74) is 1.76. The molecular formula is C26H24N2O6S2. The minimum Gasteiger partial charge on any atom is -0.496 e. The largest absolute Gasteiger partial charge is 0.496 e. The highest BCUT2D eigenvalue weighted by Crippen LogP contribution is 2.32. The van der Waals surface area contributed by atoms with Crippen molar-refractivity contribution < 1.29 is 27.5 Å². The molecule has 1 N–H and O–H groups in total. The van der Waals surface area contributed by atoms with Gasteiger partial charge in [-0.15, -0.1) is 11.3 Å². The highest BCUT2D eigenvalue weighted by molar-refractivity contribution is 7.92. The summed E-state index contributed by atoms with van der Waals surface area (Å²) in [7, 11) is 0.478. The van der Waals surface area contributed by atoms with Crippen molar-refractivity contribution in [3.8, 4) is 5.75 Å². The van der Waals surface area contributed by atoms with Crippen LogP contribution >= 0.6 is 11.3 Å². The van der Waals surface area contributed by atoms with Crippen LogP contribution in [0.15, 0.2) is 71.6 Å². The highest BCUT2D eigenvalue weighted by atomic mass is 32.2. The zero-order chi connectivity index (χ0) is 26.0. The van der Waals surface area contributed by atoms with E-state index in [4.69, 9.17) is 9.47 Å². The molecule has 1 amide bonds. The van der Waals surface area contributed by atoms with E-state index in [0.717, 1.165) is 10.1 Å². The smallest absolute Gasteiger partial charge is 0.339 e. The number of sulfonamides is 1. The minimum atomic E-state index is -3.82. The molecule has 0 saturated heterocycles. The number of fused-ring (bicyclic) bond motifs is 1. The summed E-state index contributed by atoms with van der Waals surface area (Å²) in [4.78, 5) is 25.5. The number of hydrogen-bond donors (Lipinski definition) is 1. The Balaban J connectivity index is 1.61. The van der Waals surface area contributed by atoms with Gasteiger partial charge < -0.3 is 14.8 Å². The van der Waals surface area contributed by atoms with Gasteiger partial charge in [-0.25, -0.2) is 13.2 Å². The third-order valence-electron chi connectivity index (χ3n) is 5.69. The molecule has 10 heteroatoms. The number of aryl methyl sites for hydroxylation is 1. The normalized spacial score (nSPS) is 11.2. The van der Waals surface area contributed by atoms with Crippen LogP contribution in [0.4, 0.5) is 11.4 Å². The van der Waals surface area contributed by atoms with E-state index in [9.17, 15) is 18.0 Å². The molecule has 3 aromatic carbocycles. The van der Waals surface area contributed by atoms with E-state index in [1.54, 1.807) is 67.6 Å². The van der Waals surface area contributed by atoms with Crippen LogP contribution in [0.1, 0.15) is 25.6 Å². The number of methoxy groups -OCH3 is 2. The maximum absolute atomic E-state index is 13.2. The van der Waals surface area contributed by atoms with Crippen molar-refractivity contribution in [2.45, 2.75) is 11.8 Å². The molecule has 0 unspecified atom stereocenters. The van der Waals surface area contributed by atoms with E-state index in [2.05, 4.69) is 5.32 Å². The second-order valence-corrected chi connectivity index (χ2v) is 11.0. The number of hydrogen-bond acceptors (Lipinski definition) is 7. The summed E-state index contributed by atoms with van der Waals surface area (Å²) >= 11 is 1.26. The molecule has 0 aliphatic heterocycles. The number of carbonyl (C=O) groups is 2. The van der Waals surface area contributed by atoms with Gasteiger partial charge in [0.1, 0.15) is 5.75 Å². The molecule has 4 aromatic rings. The molecule has 0 spiro atoms. The number of nitrogens with zero attached hydrogens (tertiary/aromatic N) is 1. The molecule has 36 heavy (non-hydrogen) atoms. The molecule has 0 aliphatic rings. The van der Waals surface area contributed by atoms with Gasteiger partial charge in [-0.2, -0.15) is 0 Å². The van der Waals surface area contributed by atoms with Gasteiger partial charge in [0.15, 0.2) is 0 Å². The average Bonchev–Trinajstić information content (AvgIpc) is 3.31. The number of para-hydroxylation sites is 1. The van der Waals surface area contributed by atoms with E-state index in [1.807, 2.05) is 0 Å². The Hall–Kier alpha value is -3.89. The summed E-state index contributed by atoms with van der Waals surface area (Å²) in [5, 5.41) is 3.47. The molecule has 8 nitrogen and oxygen atoms in total. The first kappa shape index (κ1) is 25.2. The Morgan fingerprint density at radius 2 is 1.72 bits per heavy atom. The standard InChI is InChI=1S/C26H24N2O6S2/c1-16-13-19(10-11-22(16)33-3)36(31,32)28(2)18-9-12-23-17(14-18)15-24(35-23)25(29)27-21-8-6-5-7-20(21)26(30)34-4/h5-15H,1-4H3,(H,27,29). The first-order chi connectivity index (χ1) is 17.1. The van der Waals surface area contributed by atoms with Crippen LogP contribution in [0.5, 0.6) is 5.75 Å². The third kappa shape index (κ3) is 4.77. The van der Waals surface area contributed by atoms with Crippen molar-refractivity contribution in [1.29, 1.82) is 0 Å². The molecule has 0 bridgehead atoms. The molecular weight excluding hydrogens is 500 g/mol. The van der Waals surface area contributed by atoms with Crippen molar-refractivity contribution in [1.82, 2.24) is 0 Å². The fourth-order valence-corrected chi connectivity index (χ4v) is 5.92. The Kier molecular flexibility index (Phi) is 7.00. The average molecular weight is 525 g/mol. The van der Waals surface area contributed by atoms with Crippen molar-refractivity contribution >= 4 is 54.7 Å². The van der Waals surface area contributed by atoms with E-state index in [0.29, 0.717) is 27.6 Å². The maximum atomic E-state index is 13.2. The molecule has 4 rings (SSSR count). The second-order valence-electron chi connectivity index (χ2n) is 7.93. The lowest BCUT2D eigenvalue weighted by atomic mass is 10.1. The fourth-order valence-electron chi connectivity index (χ4n) is 3.71. The van der Waals surface area contributed by atoms with E-state index in [-0.39, 0.29) is 16.4 Å². The van der Waals surface area contributed by atoms with E-state index >= 15 is 0 Å². The van der Waals surface area contributed by atoms with Crippen LogP contribution in [0.3, 0.4) is 0 Å². The van der Waals surface area contributed by atoms with Crippen LogP contribution in [0, 0.1) is 6.92 Å². The van der Waals surface area contributed by atoms with Gasteiger partial charge in [0.05, 0.1) is 40.9 Å². The summed E-state index contributed by atoms with van der Waals surface area (Å²) < 4.78 is 38.5. The van der Waals surface area contributed by atoms with E-state index < -0.39 is 16.0 Å². The predicted octanol–water partition coefficient (Wildman–Crippen LogP) is 5.08. The predicted molar refractivity (Wildman–Crippen MR) is 141 cm³/mol. The monoisotopic (exact) mass is 524 g/mol. The second kappa shape index (κ2) is 10.00. The first-order valence-corrected chi connectivity index (χ1v) is 13.1. The minimum absolute atomic E-state index is 0.151. The van der Waals surface area contributed by atoms with Crippen molar-refractivity contribution in [3.05, 3.63) is 82.7 Å². The molecule has 0 aliphatic carbocycles. The van der Waals surface area contributed by atoms with E-state index in [1.165, 1.54) is 43.0 Å². The lowest BCUT2D eigenvalue weighted by molar-refractivity contribution is 0.0602. The van der Waals surface area contributed by atoms with Crippen LogP contribution < -0.4 is 14.4 Å². The zero-order valence-electron chi connectivity index (χ0n) is 20.1. The third-order valence-corrected chi connectivity index (χ3v) is 8.59. The number of rotatable bonds is 7. The summed E-state index contributed by atoms with van der Waals surface area (Å²) in [5.74, 6) is -0.330. The van der Waals surface area contributed by atoms with Crippen LogP contribution in [0.2, 0.25) is 0 Å². The SMILES string of the molecule is COC(=O)c1ccccc1NC(=O)c1cc2cc(N(C)S(=O)(=O)c3ccc(OC)c(C)c3)ccc2s1. The van der Waals surface area contributed by atoms with Crippen LogP contribution in [0.25, 0.3) is 10.1 Å². The zero-order valence-corrected chi connectivity index (χ0v) is 21.7. The Labute approximate surface area is 213 Å². The molecule has 0 radical (unpaired) electrons. The summed E-state index contributed by atoms with van der Waals surface area (Å²) in [6, 6.07) is 18.2. The quantitative estimate of drug-likeness (QED) is 0.338. The van der Waals surface area contributed by atoms with Gasteiger partial charge in [-0.05, 0) is 72.5 Å². The van der Waals surface area contributed by atoms with Crippen LogP contribution in [-0.4, -0.2) is 41.6 Å². The lowest BCUT2D eigenvalue weighted by Gasteiger charge is -2.20. The van der Waals surface area contributed by atoms with Gasteiger partial charge in [0.25, 0.3) is 15.9 Å². The van der Waals surface area contributed by atoms with Gasteiger partial charge in [0, 0.05) is 11.7 Å². The molecule has 0 saturated carbocycles. The molecule has 1 aromatic heterocycles. The summed E-state index contributed by atoms with van der Waals surface area (Å²) in [6.07, 6.45) is 0. The number of anilines is 2. The van der Waals surface area contributed by atoms with Gasteiger partial charge in [-0.1, -0.05) is 12.1 Å². The lowest BCUT2D eigenvalue weighted by Crippen LogP contribution is -2.26. The number of thiophene rings is 1. The number of carbonyl (C=O) groups excluding carboxylic acids is 2. The molecule has 0 atom stereocenters. The van der Waals surface area contributed by atoms with Crippen molar-refractivity contribution in [2.75, 3.05) is 30.9 Å². The number of esters is 1. The Morgan fingerprint density at radius 3 is 2.42 bits per heavy atom. The Bertz CT molecular complexity index is 1580. The highest BCUT2D eigenvalue weighted by Gasteiger charge is 2.23. The Morgan fingerprint density at radius 1 is 0.972 bits per heavy atom. The van der Waals surface area contributed by atoms with Gasteiger partial charge >= 0.3 is 5.97 Å². The maximum Gasteiger partial charge on any atom is 0.339 e. The van der Waals surface area contributed by atoms with Crippen LogP contribution in [-0.2, 0) is 14.8 Å². The first-order valence-electron chi connectivity index (χ1n) is 10.8. The van der Waals surface area contributed by atoms with Gasteiger partial charge in [0.2, 0.25) is 0 Å². The van der Waals surface area contributed by atoms with Gasteiger partial charge in [-0.3, -0.25) is 9.10 Å². The fraction of sp³-hybridized carbons (Fsp3) is 0.154. The molecule has 0 fully saturated rings. The number of ether oxygens (including phenoxy) is 2. The van der Waals surface area contributed by atoms with Crippen molar-refractivity contribution in [3.63, 3.8) is 0 Å². The summed E-state index contributed by atoms with van der Waals surface area (Å²) in [6.45, 7) is 1.78. The number of amides is 1. The number of nitrogens with one attached hydrogen (secondary N) is 1.